The third kappa shape index (κ3) is 8.62. The lowest BCUT2D eigenvalue weighted by molar-refractivity contribution is -0.139. The number of amides is 4. The van der Waals surface area contributed by atoms with Gasteiger partial charge in [-0.1, -0.05) is 72.3 Å². The van der Waals surface area contributed by atoms with Gasteiger partial charge in [-0.05, 0) is 68.6 Å². The van der Waals surface area contributed by atoms with Crippen LogP contribution in [-0.4, -0.2) is 119 Å². The number of ether oxygens (including phenoxy) is 4. The number of carbonyl (C=O) groups is 4. The van der Waals surface area contributed by atoms with Gasteiger partial charge in [-0.2, -0.15) is 0 Å². The molecule has 4 N–H and O–H groups in total. The van der Waals surface area contributed by atoms with E-state index in [0.717, 1.165) is 66.5 Å². The number of fused-ring (bicyclic) bond motifs is 1. The van der Waals surface area contributed by atoms with Crippen LogP contribution < -0.4 is 10.6 Å². The fourth-order valence-corrected chi connectivity index (χ4v) is 10.4. The molecule has 338 valence electrons. The zero-order valence-corrected chi connectivity index (χ0v) is 37.0. The standard InChI is InChI=1S/C47H55ClN8O8/c1-26-8-18-36(55(26)44(57)39(52-46(59)61-2)32-6-4-20-63-24-32)42-49-23-34(50-42)29-13-9-27(10-14-29)28-11-15-30(16-12-28)38-41(48)54-43(51-38)37-22-31-17-19-35(31)56(37)45(58)40(53-47(60)62-3)33-7-5-21-64-25-33/h9-17,19,23,26,31-33,35-37,39-40H,4-8,18,20-22,24-25H2,1-3H3,(H,49,50)(H,51,54)(H,52,59)(H,53,60). The van der Waals surface area contributed by atoms with Gasteiger partial charge in [0.1, 0.15) is 34.6 Å². The van der Waals surface area contributed by atoms with E-state index in [9.17, 15) is 19.2 Å². The van der Waals surface area contributed by atoms with Gasteiger partial charge in [0.15, 0.2) is 0 Å². The quantitative estimate of drug-likeness (QED) is 0.114. The topological polar surface area (TPSA) is 193 Å². The molecule has 9 unspecified atom stereocenters. The Bertz CT molecular complexity index is 2360. The highest BCUT2D eigenvalue weighted by atomic mass is 35.5. The molecule has 0 saturated carbocycles. The van der Waals surface area contributed by atoms with Gasteiger partial charge in [0.05, 0.1) is 57.4 Å². The van der Waals surface area contributed by atoms with Crippen molar-refractivity contribution in [1.82, 2.24) is 40.4 Å². The second-order valence-electron chi connectivity index (χ2n) is 17.5. The molecule has 9 atom stereocenters. The highest BCUT2D eigenvalue weighted by molar-refractivity contribution is 6.32. The van der Waals surface area contributed by atoms with Crippen LogP contribution in [0.3, 0.4) is 0 Å². The fraction of sp³-hybridized carbons (Fsp3) is 0.489. The minimum Gasteiger partial charge on any atom is -0.453 e. The van der Waals surface area contributed by atoms with E-state index in [0.29, 0.717) is 55.3 Å². The predicted octanol–water partition coefficient (Wildman–Crippen LogP) is 6.97. The zero-order valence-electron chi connectivity index (χ0n) is 36.3. The minimum atomic E-state index is -0.796. The second-order valence-corrected chi connectivity index (χ2v) is 17.9. The number of H-pyrrole nitrogens is 2. The van der Waals surface area contributed by atoms with Crippen molar-refractivity contribution in [1.29, 1.82) is 0 Å². The third-order valence-corrected chi connectivity index (χ3v) is 14.0. The highest BCUT2D eigenvalue weighted by Gasteiger charge is 2.50. The summed E-state index contributed by atoms with van der Waals surface area (Å²) in [5.41, 5.74) is 5.23. The molecule has 0 spiro atoms. The molecule has 6 heterocycles. The van der Waals surface area contributed by atoms with Gasteiger partial charge in [-0.15, -0.1) is 0 Å². The fourth-order valence-electron chi connectivity index (χ4n) is 10.2. The number of aromatic amines is 2. The summed E-state index contributed by atoms with van der Waals surface area (Å²) in [5.74, 6) is 0.817. The van der Waals surface area contributed by atoms with E-state index in [1.54, 1.807) is 6.20 Å². The van der Waals surface area contributed by atoms with Gasteiger partial charge >= 0.3 is 12.2 Å². The first-order valence-electron chi connectivity index (χ1n) is 22.3. The summed E-state index contributed by atoms with van der Waals surface area (Å²) in [6, 6.07) is 13.9. The van der Waals surface area contributed by atoms with Gasteiger partial charge in [-0.25, -0.2) is 19.6 Å². The maximum atomic E-state index is 14.4. The Labute approximate surface area is 376 Å². The zero-order chi connectivity index (χ0) is 44.5. The maximum Gasteiger partial charge on any atom is 0.407 e. The van der Waals surface area contributed by atoms with E-state index in [-0.39, 0.29) is 53.7 Å². The molecule has 1 aliphatic carbocycles. The molecule has 0 bridgehead atoms. The van der Waals surface area contributed by atoms with Crippen LogP contribution in [0, 0.1) is 17.8 Å². The van der Waals surface area contributed by atoms with E-state index in [4.69, 9.17) is 40.5 Å². The molecule has 4 aromatic rings. The molecular formula is C47H55ClN8O8. The van der Waals surface area contributed by atoms with Crippen molar-refractivity contribution < 1.29 is 38.1 Å². The Hall–Kier alpha value is -5.71. The van der Waals surface area contributed by atoms with Crippen molar-refractivity contribution in [3.05, 3.63) is 83.7 Å². The van der Waals surface area contributed by atoms with Crippen LogP contribution >= 0.6 is 11.6 Å². The van der Waals surface area contributed by atoms with Crippen molar-refractivity contribution in [2.45, 2.75) is 88.1 Å². The van der Waals surface area contributed by atoms with Gasteiger partial charge in [-0.3, -0.25) is 9.59 Å². The number of nitrogens with zero attached hydrogens (tertiary/aromatic N) is 4. The highest BCUT2D eigenvalue weighted by Crippen LogP contribution is 2.47. The minimum absolute atomic E-state index is 0.0338. The Balaban J connectivity index is 0.883. The molecule has 16 nitrogen and oxygen atoms in total. The molecular weight excluding hydrogens is 840 g/mol. The van der Waals surface area contributed by atoms with Crippen molar-refractivity contribution >= 4 is 35.6 Å². The number of benzene rings is 2. The van der Waals surface area contributed by atoms with E-state index in [1.807, 2.05) is 59.2 Å². The number of rotatable bonds is 11. The summed E-state index contributed by atoms with van der Waals surface area (Å²) in [4.78, 5) is 73.5. The third-order valence-electron chi connectivity index (χ3n) is 13.7. The summed E-state index contributed by atoms with van der Waals surface area (Å²) in [6.07, 6.45) is 10.1. The van der Waals surface area contributed by atoms with Crippen LogP contribution in [0.15, 0.2) is 66.9 Å². The molecule has 0 radical (unpaired) electrons. The lowest BCUT2D eigenvalue weighted by Gasteiger charge is -2.37. The number of imidazole rings is 2. The lowest BCUT2D eigenvalue weighted by Crippen LogP contribution is -2.56. The number of aromatic nitrogens is 4. The van der Waals surface area contributed by atoms with Crippen LogP contribution in [0.1, 0.15) is 75.6 Å². The van der Waals surface area contributed by atoms with E-state index in [2.05, 4.69) is 38.8 Å². The number of carbonyl (C=O) groups excluding carboxylic acids is 4. The number of nitrogens with one attached hydrogen (secondary N) is 4. The lowest BCUT2D eigenvalue weighted by atomic mass is 9.88. The Kier molecular flexibility index (Phi) is 12.8. The van der Waals surface area contributed by atoms with Crippen molar-refractivity contribution in [2.24, 2.45) is 17.8 Å². The molecule has 2 aromatic heterocycles. The number of hydrogen-bond acceptors (Lipinski definition) is 10. The van der Waals surface area contributed by atoms with Crippen molar-refractivity contribution in [3.63, 3.8) is 0 Å². The van der Waals surface area contributed by atoms with E-state index in [1.165, 1.54) is 14.2 Å². The molecule has 5 aliphatic rings. The van der Waals surface area contributed by atoms with Crippen LogP contribution in [-0.2, 0) is 28.5 Å². The second kappa shape index (κ2) is 18.8. The monoisotopic (exact) mass is 894 g/mol. The Morgan fingerprint density at radius 3 is 1.86 bits per heavy atom. The number of likely N-dealkylation sites (tertiary alicyclic amines) is 2. The number of methoxy groups -OCH3 is 2. The molecule has 4 fully saturated rings. The number of alkyl carbamates (subject to hydrolysis) is 2. The molecule has 17 heteroatoms. The summed E-state index contributed by atoms with van der Waals surface area (Å²) < 4.78 is 21.2. The summed E-state index contributed by atoms with van der Waals surface area (Å²) in [7, 11) is 2.59. The van der Waals surface area contributed by atoms with Crippen LogP contribution in [0.5, 0.6) is 0 Å². The van der Waals surface area contributed by atoms with Gasteiger partial charge in [0.25, 0.3) is 0 Å². The molecule has 4 aliphatic heterocycles. The first kappa shape index (κ1) is 43.5. The normalized spacial score (nSPS) is 26.1. The van der Waals surface area contributed by atoms with Gasteiger partial charge in [0.2, 0.25) is 11.8 Å². The van der Waals surface area contributed by atoms with E-state index >= 15 is 0 Å². The molecule has 4 amide bonds. The average molecular weight is 895 g/mol. The maximum absolute atomic E-state index is 14.4. The van der Waals surface area contributed by atoms with Gasteiger partial charge < -0.3 is 49.3 Å². The predicted molar refractivity (Wildman–Crippen MR) is 237 cm³/mol. The summed E-state index contributed by atoms with van der Waals surface area (Å²) >= 11 is 6.84. The molecule has 9 rings (SSSR count). The first-order valence-corrected chi connectivity index (χ1v) is 22.7. The van der Waals surface area contributed by atoms with Gasteiger partial charge in [0, 0.05) is 42.6 Å². The summed E-state index contributed by atoms with van der Waals surface area (Å²) in [6.45, 7) is 4.10. The SMILES string of the molecule is COC(=O)NC(C(=O)N1C(C)CCC1c1ncc(-c2ccc(-c3ccc(-c4nc(C5CC6C=CC6N5C(=O)C(NC(=O)OC)C5CCCOC5)[nH]c4Cl)cc3)cc2)[nH]1)C1CCCOC1. The van der Waals surface area contributed by atoms with Crippen LogP contribution in [0.4, 0.5) is 9.59 Å². The number of hydrogen-bond donors (Lipinski definition) is 4. The first-order chi connectivity index (χ1) is 31.1. The van der Waals surface area contributed by atoms with Crippen LogP contribution in [0.25, 0.3) is 33.6 Å². The Morgan fingerprint density at radius 1 is 0.734 bits per heavy atom. The number of halogens is 1. The van der Waals surface area contributed by atoms with Crippen molar-refractivity contribution in [3.8, 4) is 33.6 Å². The molecule has 64 heavy (non-hydrogen) atoms. The summed E-state index contributed by atoms with van der Waals surface area (Å²) in [5, 5.41) is 5.99. The molecule has 4 saturated heterocycles. The molecule has 2 aromatic carbocycles. The van der Waals surface area contributed by atoms with Crippen LogP contribution in [0.2, 0.25) is 5.15 Å². The van der Waals surface area contributed by atoms with E-state index < -0.39 is 24.3 Å². The largest absolute Gasteiger partial charge is 0.453 e. The van der Waals surface area contributed by atoms with Crippen molar-refractivity contribution in [2.75, 3.05) is 40.6 Å². The smallest absolute Gasteiger partial charge is 0.407 e. The Morgan fingerprint density at radius 2 is 1.31 bits per heavy atom. The average Bonchev–Trinajstić information content (AvgIpc) is 4.12.